The van der Waals surface area contributed by atoms with Crippen molar-refractivity contribution in [3.63, 3.8) is 0 Å². The average Bonchev–Trinajstić information content (AvgIpc) is 3.07. The molecule has 25 heavy (non-hydrogen) atoms. The van der Waals surface area contributed by atoms with Crippen molar-refractivity contribution in [1.82, 2.24) is 15.0 Å². The van der Waals surface area contributed by atoms with Gasteiger partial charge in [0.15, 0.2) is 16.1 Å². The summed E-state index contributed by atoms with van der Waals surface area (Å²) in [6.45, 7) is 5.11. The summed E-state index contributed by atoms with van der Waals surface area (Å²) >= 11 is 3.73. The van der Waals surface area contributed by atoms with Crippen LogP contribution in [0.3, 0.4) is 0 Å². The molecule has 2 N–H and O–H groups in total. The van der Waals surface area contributed by atoms with E-state index in [2.05, 4.69) is 20.3 Å². The molecule has 0 aliphatic carbocycles. The fraction of sp³-hybridized carbons (Fsp3) is 0.267. The number of nitrogens with one attached hydrogen (secondary N) is 2. The summed E-state index contributed by atoms with van der Waals surface area (Å²) < 4.78 is 0. The van der Waals surface area contributed by atoms with E-state index in [1.165, 1.54) is 18.3 Å². The Bertz CT molecular complexity index is 1030. The molecule has 3 rings (SSSR count). The molecule has 0 saturated heterocycles. The second-order valence-electron chi connectivity index (χ2n) is 5.27. The molecule has 0 bridgehead atoms. The molecule has 0 fully saturated rings. The molecule has 0 aliphatic heterocycles. The van der Waals surface area contributed by atoms with Crippen LogP contribution in [-0.4, -0.2) is 32.4 Å². The molecular formula is C15H14N4O3S3. The summed E-state index contributed by atoms with van der Waals surface area (Å²) in [6.07, 6.45) is 0. The summed E-state index contributed by atoms with van der Waals surface area (Å²) in [5.74, 6) is -0.280. The molecule has 3 aromatic rings. The fourth-order valence-corrected chi connectivity index (χ4v) is 4.64. The van der Waals surface area contributed by atoms with Crippen molar-refractivity contribution < 1.29 is 9.59 Å². The molecule has 3 aromatic heterocycles. The minimum atomic E-state index is -0.279. The summed E-state index contributed by atoms with van der Waals surface area (Å²) in [7, 11) is 0. The number of thiazole rings is 1. The number of carbonyl (C=O) groups excluding carboxylic acids is 2. The van der Waals surface area contributed by atoms with Crippen LogP contribution in [0, 0.1) is 13.8 Å². The topological polar surface area (TPSA) is 105 Å². The van der Waals surface area contributed by atoms with Crippen molar-refractivity contribution in [2.24, 2.45) is 0 Å². The minimum absolute atomic E-state index is 0.0762. The van der Waals surface area contributed by atoms with Crippen molar-refractivity contribution in [1.29, 1.82) is 0 Å². The van der Waals surface area contributed by atoms with E-state index in [0.29, 0.717) is 31.1 Å². The lowest BCUT2D eigenvalue weighted by atomic mass is 10.3. The molecule has 0 aliphatic rings. The van der Waals surface area contributed by atoms with Crippen LogP contribution in [0.15, 0.2) is 16.0 Å². The molecule has 0 saturated carbocycles. The number of aromatic nitrogens is 3. The molecule has 1 amide bonds. The number of carbonyl (C=O) groups is 2. The fourth-order valence-electron chi connectivity index (χ4n) is 2.17. The molecule has 0 radical (unpaired) electrons. The van der Waals surface area contributed by atoms with E-state index in [0.717, 1.165) is 28.0 Å². The van der Waals surface area contributed by atoms with Gasteiger partial charge in [-0.25, -0.2) is 9.97 Å². The lowest BCUT2D eigenvalue weighted by Gasteiger charge is -2.01. The molecule has 7 nitrogen and oxygen atoms in total. The number of hydrogen-bond donors (Lipinski definition) is 2. The first-order chi connectivity index (χ1) is 11.8. The third-order valence-electron chi connectivity index (χ3n) is 3.21. The monoisotopic (exact) mass is 394 g/mol. The highest BCUT2D eigenvalue weighted by atomic mass is 32.2. The van der Waals surface area contributed by atoms with Crippen molar-refractivity contribution in [2.75, 3.05) is 11.1 Å². The van der Waals surface area contributed by atoms with E-state index in [4.69, 9.17) is 0 Å². The van der Waals surface area contributed by atoms with Gasteiger partial charge in [-0.2, -0.15) is 0 Å². The zero-order valence-corrected chi connectivity index (χ0v) is 16.1. The first-order valence-electron chi connectivity index (χ1n) is 7.25. The van der Waals surface area contributed by atoms with Gasteiger partial charge < -0.3 is 10.3 Å². The van der Waals surface area contributed by atoms with E-state index in [1.807, 2.05) is 6.92 Å². The van der Waals surface area contributed by atoms with Gasteiger partial charge >= 0.3 is 0 Å². The maximum absolute atomic E-state index is 12.1. The number of anilines is 1. The van der Waals surface area contributed by atoms with Crippen LogP contribution in [0.5, 0.6) is 0 Å². The number of ketones is 1. The second-order valence-corrected chi connectivity index (χ2v) is 8.47. The van der Waals surface area contributed by atoms with Crippen LogP contribution in [0.25, 0.3) is 10.2 Å². The molecule has 130 valence electrons. The van der Waals surface area contributed by atoms with E-state index in [1.54, 1.807) is 13.0 Å². The number of aromatic amines is 1. The van der Waals surface area contributed by atoms with Gasteiger partial charge in [0.1, 0.15) is 4.83 Å². The standard InChI is InChI=1S/C15H14N4O3S3/c1-6-4-9-12(22)18-14(19-13(9)24-6)23-5-10(21)17-15-16-7(2)11(25-15)8(3)20/h4H,5H2,1-3H3,(H,16,17,21)(H,18,19,22). The Morgan fingerprint density at radius 3 is 2.72 bits per heavy atom. The average molecular weight is 395 g/mol. The van der Waals surface area contributed by atoms with Crippen molar-refractivity contribution in [3.8, 4) is 0 Å². The highest BCUT2D eigenvalue weighted by molar-refractivity contribution is 7.99. The Balaban J connectivity index is 1.67. The number of thiophene rings is 1. The third-order valence-corrected chi connectivity index (χ3v) is 6.20. The number of H-pyrrole nitrogens is 1. The number of hydrogen-bond acceptors (Lipinski definition) is 8. The van der Waals surface area contributed by atoms with Crippen molar-refractivity contribution in [2.45, 2.75) is 25.9 Å². The van der Waals surface area contributed by atoms with Gasteiger partial charge in [-0.1, -0.05) is 23.1 Å². The van der Waals surface area contributed by atoms with Gasteiger partial charge in [0, 0.05) is 11.8 Å². The van der Waals surface area contributed by atoms with Gasteiger partial charge in [-0.15, -0.1) is 11.3 Å². The molecular weight excluding hydrogens is 380 g/mol. The highest BCUT2D eigenvalue weighted by Gasteiger charge is 2.14. The Morgan fingerprint density at radius 2 is 2.04 bits per heavy atom. The van der Waals surface area contributed by atoms with Gasteiger partial charge in [0.2, 0.25) is 5.91 Å². The molecule has 3 heterocycles. The van der Waals surface area contributed by atoms with E-state index in [-0.39, 0.29) is 23.0 Å². The van der Waals surface area contributed by atoms with Gasteiger partial charge in [-0.05, 0) is 19.9 Å². The summed E-state index contributed by atoms with van der Waals surface area (Å²) in [6, 6.07) is 1.80. The smallest absolute Gasteiger partial charge is 0.260 e. The van der Waals surface area contributed by atoms with Crippen LogP contribution >= 0.6 is 34.4 Å². The van der Waals surface area contributed by atoms with E-state index in [9.17, 15) is 14.4 Å². The Morgan fingerprint density at radius 1 is 1.28 bits per heavy atom. The molecule has 0 unspecified atom stereocenters. The van der Waals surface area contributed by atoms with Crippen molar-refractivity contribution >= 4 is 61.5 Å². The quantitative estimate of drug-likeness (QED) is 0.392. The first kappa shape index (κ1) is 17.8. The Kier molecular flexibility index (Phi) is 5.02. The van der Waals surface area contributed by atoms with E-state index < -0.39 is 0 Å². The highest BCUT2D eigenvalue weighted by Crippen LogP contribution is 2.24. The number of aryl methyl sites for hydroxylation is 2. The second kappa shape index (κ2) is 7.06. The Hall–Kier alpha value is -2.04. The lowest BCUT2D eigenvalue weighted by Crippen LogP contribution is -2.15. The summed E-state index contributed by atoms with van der Waals surface area (Å²) in [5.41, 5.74) is 0.392. The third kappa shape index (κ3) is 3.97. The van der Waals surface area contributed by atoms with Crippen LogP contribution in [0.2, 0.25) is 0 Å². The molecule has 0 atom stereocenters. The largest absolute Gasteiger partial charge is 0.301 e. The van der Waals surface area contributed by atoms with Gasteiger partial charge in [-0.3, -0.25) is 14.4 Å². The number of thioether (sulfide) groups is 1. The predicted octanol–water partition coefficient (Wildman–Crippen LogP) is 2.99. The number of fused-ring (bicyclic) bond motifs is 1. The minimum Gasteiger partial charge on any atom is -0.301 e. The number of Topliss-reactive ketones (excluding diaryl/α,β-unsaturated/α-hetero) is 1. The van der Waals surface area contributed by atoms with Crippen molar-refractivity contribution in [3.05, 3.63) is 31.9 Å². The van der Waals surface area contributed by atoms with Gasteiger partial charge in [0.05, 0.1) is 21.7 Å². The maximum Gasteiger partial charge on any atom is 0.260 e. The molecule has 0 aromatic carbocycles. The molecule has 0 spiro atoms. The zero-order valence-electron chi connectivity index (χ0n) is 13.6. The number of amides is 1. The normalized spacial score (nSPS) is 11.0. The number of nitrogens with zero attached hydrogens (tertiary/aromatic N) is 2. The Labute approximate surface area is 154 Å². The zero-order chi connectivity index (χ0) is 18.1. The summed E-state index contributed by atoms with van der Waals surface area (Å²) in [5, 5.41) is 4.01. The van der Waals surface area contributed by atoms with E-state index >= 15 is 0 Å². The van der Waals surface area contributed by atoms with Crippen LogP contribution in [0.1, 0.15) is 27.2 Å². The first-order valence-corrected chi connectivity index (χ1v) is 9.87. The van der Waals surface area contributed by atoms with Crippen LogP contribution < -0.4 is 10.9 Å². The van der Waals surface area contributed by atoms with Crippen LogP contribution in [0.4, 0.5) is 5.13 Å². The predicted molar refractivity (Wildman–Crippen MR) is 101 cm³/mol. The van der Waals surface area contributed by atoms with Crippen LogP contribution in [-0.2, 0) is 4.79 Å². The maximum atomic E-state index is 12.1. The number of rotatable bonds is 5. The van der Waals surface area contributed by atoms with Gasteiger partial charge in [0.25, 0.3) is 5.56 Å². The summed E-state index contributed by atoms with van der Waals surface area (Å²) in [4.78, 5) is 48.9. The lowest BCUT2D eigenvalue weighted by molar-refractivity contribution is -0.113. The SMILES string of the molecule is CC(=O)c1sc(NC(=O)CSc2nc3sc(C)cc3c(=O)[nH]2)nc1C. The molecule has 10 heteroatoms.